The number of aryl methyl sites for hydroxylation is 1. The highest BCUT2D eigenvalue weighted by atomic mass is 15.1. The molecule has 0 unspecified atom stereocenters. The summed E-state index contributed by atoms with van der Waals surface area (Å²) in [5.74, 6) is 1.45. The van der Waals surface area contributed by atoms with E-state index in [0.29, 0.717) is 0 Å². The monoisotopic (exact) mass is 243 g/mol. The van der Waals surface area contributed by atoms with Crippen LogP contribution in [0.4, 0.5) is 0 Å². The molecular weight excluding hydrogens is 220 g/mol. The predicted molar refractivity (Wildman–Crippen MR) is 74.5 cm³/mol. The topological polar surface area (TPSA) is 8.81 Å². The highest BCUT2D eigenvalue weighted by molar-refractivity contribution is 5.15. The molecule has 2 heteroatoms. The van der Waals surface area contributed by atoms with Crippen LogP contribution in [0.3, 0.4) is 0 Å². The summed E-state index contributed by atoms with van der Waals surface area (Å²) in [5.41, 5.74) is 1.37. The molecule has 96 valence electrons. The van der Waals surface area contributed by atoms with E-state index in [1.807, 2.05) is 0 Å². The number of rotatable bonds is 6. The van der Waals surface area contributed by atoms with Crippen LogP contribution in [0.2, 0.25) is 0 Å². The lowest BCUT2D eigenvalue weighted by molar-refractivity contribution is -0.700. The van der Waals surface area contributed by atoms with E-state index in [9.17, 15) is 0 Å². The molecule has 1 aromatic heterocycles. The molecule has 0 aliphatic heterocycles. The lowest BCUT2D eigenvalue weighted by Crippen LogP contribution is -2.36. The third-order valence-corrected chi connectivity index (χ3v) is 3.38. The summed E-state index contributed by atoms with van der Waals surface area (Å²) in [6, 6.07) is 10.7. The molecule has 0 saturated carbocycles. The van der Waals surface area contributed by atoms with Gasteiger partial charge >= 0.3 is 0 Å². The van der Waals surface area contributed by atoms with E-state index in [2.05, 4.69) is 65.7 Å². The highest BCUT2D eigenvalue weighted by Gasteiger charge is 2.15. The van der Waals surface area contributed by atoms with Gasteiger partial charge in [0.25, 0.3) is 5.82 Å². The average molecular weight is 243 g/mol. The lowest BCUT2D eigenvalue weighted by atomic mass is 10.2. The molecule has 2 aromatic rings. The second-order valence-corrected chi connectivity index (χ2v) is 4.72. The summed E-state index contributed by atoms with van der Waals surface area (Å²) in [6.07, 6.45) is 8.10. The number of unbranched alkanes of at least 4 members (excludes halogenated alkanes) is 1. The van der Waals surface area contributed by atoms with Gasteiger partial charge in [0.15, 0.2) is 0 Å². The van der Waals surface area contributed by atoms with E-state index in [0.717, 1.165) is 13.1 Å². The molecule has 1 aromatic carbocycles. The minimum atomic E-state index is 0.979. The van der Waals surface area contributed by atoms with E-state index in [1.165, 1.54) is 30.7 Å². The van der Waals surface area contributed by atoms with Crippen molar-refractivity contribution >= 4 is 0 Å². The van der Waals surface area contributed by atoms with Crippen LogP contribution >= 0.6 is 0 Å². The summed E-state index contributed by atoms with van der Waals surface area (Å²) in [4.78, 5) is 0. The van der Waals surface area contributed by atoms with Crippen LogP contribution in [0.1, 0.15) is 38.1 Å². The minimum absolute atomic E-state index is 0.979. The summed E-state index contributed by atoms with van der Waals surface area (Å²) in [6.45, 7) is 6.50. The molecule has 2 nitrogen and oxygen atoms in total. The summed E-state index contributed by atoms with van der Waals surface area (Å²) < 4.78 is 4.74. The van der Waals surface area contributed by atoms with Gasteiger partial charge in [-0.25, -0.2) is 9.13 Å². The Kier molecular flexibility index (Phi) is 4.57. The minimum Gasteiger partial charge on any atom is -0.235 e. The Morgan fingerprint density at radius 2 is 1.89 bits per heavy atom. The third-order valence-electron chi connectivity index (χ3n) is 3.38. The van der Waals surface area contributed by atoms with Crippen molar-refractivity contribution in [3.05, 3.63) is 54.1 Å². The molecule has 0 amide bonds. The summed E-state index contributed by atoms with van der Waals surface area (Å²) >= 11 is 0. The zero-order valence-electron chi connectivity index (χ0n) is 11.5. The van der Waals surface area contributed by atoms with Gasteiger partial charge in [-0.1, -0.05) is 43.7 Å². The number of hydrogen-bond acceptors (Lipinski definition) is 0. The Bertz CT molecular complexity index is 471. The quantitative estimate of drug-likeness (QED) is 0.689. The van der Waals surface area contributed by atoms with Crippen LogP contribution < -0.4 is 4.57 Å². The highest BCUT2D eigenvalue weighted by Crippen LogP contribution is 2.07. The average Bonchev–Trinajstić information content (AvgIpc) is 2.79. The van der Waals surface area contributed by atoms with Gasteiger partial charge in [-0.2, -0.15) is 0 Å². The molecule has 0 aliphatic rings. The van der Waals surface area contributed by atoms with Crippen LogP contribution in [-0.2, 0) is 19.5 Å². The summed E-state index contributed by atoms with van der Waals surface area (Å²) in [7, 11) is 0. The van der Waals surface area contributed by atoms with Crippen molar-refractivity contribution in [3.8, 4) is 0 Å². The molecular formula is C16H23N2+. The Balaban J connectivity index is 2.19. The maximum Gasteiger partial charge on any atom is 0.256 e. The molecule has 0 N–H and O–H groups in total. The molecule has 2 rings (SSSR count). The molecule has 0 fully saturated rings. The molecule has 0 bridgehead atoms. The fourth-order valence-electron chi connectivity index (χ4n) is 2.33. The second-order valence-electron chi connectivity index (χ2n) is 4.72. The van der Waals surface area contributed by atoms with Crippen molar-refractivity contribution < 1.29 is 4.57 Å². The third kappa shape index (κ3) is 3.00. The van der Waals surface area contributed by atoms with E-state index >= 15 is 0 Å². The van der Waals surface area contributed by atoms with Gasteiger partial charge in [0.2, 0.25) is 0 Å². The first-order valence-electron chi connectivity index (χ1n) is 6.96. The zero-order chi connectivity index (χ0) is 12.8. The number of hydrogen-bond donors (Lipinski definition) is 0. The van der Waals surface area contributed by atoms with Crippen molar-refractivity contribution in [1.82, 2.24) is 4.57 Å². The Morgan fingerprint density at radius 1 is 1.11 bits per heavy atom. The van der Waals surface area contributed by atoms with Gasteiger partial charge in [-0.15, -0.1) is 0 Å². The van der Waals surface area contributed by atoms with Gasteiger partial charge in [0.1, 0.15) is 18.9 Å². The van der Waals surface area contributed by atoms with Crippen molar-refractivity contribution in [2.24, 2.45) is 0 Å². The Labute approximate surface area is 110 Å². The first-order chi connectivity index (χ1) is 8.85. The second kappa shape index (κ2) is 6.39. The van der Waals surface area contributed by atoms with Crippen LogP contribution in [0.5, 0.6) is 0 Å². The van der Waals surface area contributed by atoms with Gasteiger partial charge < -0.3 is 0 Å². The fourth-order valence-corrected chi connectivity index (χ4v) is 2.33. The Morgan fingerprint density at radius 3 is 2.56 bits per heavy atom. The van der Waals surface area contributed by atoms with Crippen LogP contribution in [-0.4, -0.2) is 4.57 Å². The van der Waals surface area contributed by atoms with Crippen LogP contribution in [0.15, 0.2) is 42.7 Å². The van der Waals surface area contributed by atoms with Crippen molar-refractivity contribution in [2.45, 2.75) is 46.2 Å². The maximum absolute atomic E-state index is 2.38. The number of nitrogens with zero attached hydrogens (tertiary/aromatic N) is 2. The van der Waals surface area contributed by atoms with E-state index in [-0.39, 0.29) is 0 Å². The molecule has 1 heterocycles. The number of benzene rings is 1. The van der Waals surface area contributed by atoms with E-state index in [1.54, 1.807) is 0 Å². The largest absolute Gasteiger partial charge is 0.256 e. The first-order valence-corrected chi connectivity index (χ1v) is 6.96. The van der Waals surface area contributed by atoms with Gasteiger partial charge in [-0.3, -0.25) is 0 Å². The van der Waals surface area contributed by atoms with Crippen molar-refractivity contribution in [1.29, 1.82) is 0 Å². The molecule has 0 radical (unpaired) electrons. The molecule has 0 atom stereocenters. The number of imidazole rings is 1. The molecule has 0 aliphatic carbocycles. The normalized spacial score (nSPS) is 10.8. The fraction of sp³-hybridized carbons (Fsp3) is 0.438. The lowest BCUT2D eigenvalue weighted by Gasteiger charge is -2.04. The van der Waals surface area contributed by atoms with Gasteiger partial charge in [-0.05, 0) is 18.9 Å². The predicted octanol–water partition coefficient (Wildman–Crippen LogP) is 3.19. The van der Waals surface area contributed by atoms with Crippen LogP contribution in [0.25, 0.3) is 0 Å². The van der Waals surface area contributed by atoms with Gasteiger partial charge in [0, 0.05) is 6.42 Å². The molecule has 18 heavy (non-hydrogen) atoms. The standard InChI is InChI=1S/C16H23N2/c1-3-5-11-16-17(4-2)12-13-18(16)14-15-9-7-6-8-10-15/h6-10,12-13H,3-5,11,14H2,1-2H3/q+1. The van der Waals surface area contributed by atoms with Crippen LogP contribution in [0, 0.1) is 0 Å². The molecule has 0 spiro atoms. The SMILES string of the molecule is CCCCc1n(Cc2ccccc2)cc[n+]1CC. The Hall–Kier alpha value is -1.57. The van der Waals surface area contributed by atoms with Crippen molar-refractivity contribution in [3.63, 3.8) is 0 Å². The van der Waals surface area contributed by atoms with Crippen molar-refractivity contribution in [2.75, 3.05) is 0 Å². The summed E-state index contributed by atoms with van der Waals surface area (Å²) in [5, 5.41) is 0. The van der Waals surface area contributed by atoms with E-state index in [4.69, 9.17) is 0 Å². The molecule has 0 saturated heterocycles. The van der Waals surface area contributed by atoms with Gasteiger partial charge in [0.05, 0.1) is 6.54 Å². The number of aromatic nitrogens is 2. The first kappa shape index (κ1) is 12.9. The van der Waals surface area contributed by atoms with E-state index < -0.39 is 0 Å². The maximum atomic E-state index is 2.38. The smallest absolute Gasteiger partial charge is 0.235 e. The zero-order valence-corrected chi connectivity index (χ0v) is 11.5.